The highest BCUT2D eigenvalue weighted by Crippen LogP contribution is 2.31. The van der Waals surface area contributed by atoms with Crippen LogP contribution in [-0.2, 0) is 0 Å². The molecule has 1 rings (SSSR count). The molecule has 0 aliphatic heterocycles. The van der Waals surface area contributed by atoms with Gasteiger partial charge >= 0.3 is 0 Å². The van der Waals surface area contributed by atoms with Crippen molar-refractivity contribution in [2.45, 2.75) is 33.6 Å². The topological polar surface area (TPSA) is 28.2 Å². The molecule has 0 saturated carbocycles. The van der Waals surface area contributed by atoms with Crippen molar-refractivity contribution in [3.8, 4) is 0 Å². The zero-order valence-corrected chi connectivity index (χ0v) is 13.6. The van der Waals surface area contributed by atoms with E-state index in [4.69, 9.17) is 23.2 Å². The van der Waals surface area contributed by atoms with Gasteiger partial charge in [-0.25, -0.2) is 4.98 Å². The maximum atomic E-state index is 6.23. The van der Waals surface area contributed by atoms with E-state index in [9.17, 15) is 0 Å². The van der Waals surface area contributed by atoms with Gasteiger partial charge in [0.05, 0.1) is 10.0 Å². The molecule has 0 bridgehead atoms. The van der Waals surface area contributed by atoms with Crippen LogP contribution in [0.4, 0.5) is 11.6 Å². The van der Waals surface area contributed by atoms with Crippen molar-refractivity contribution in [3.63, 3.8) is 0 Å². The van der Waals surface area contributed by atoms with Gasteiger partial charge in [0.15, 0.2) is 0 Å². The molecule has 1 heterocycles. The number of nitrogens with zero attached hydrogens (tertiary/aromatic N) is 2. The molecule has 0 aliphatic carbocycles. The standard InChI is InChI=1S/C14H23Cl2N3/c1-5-7-17-13-11(15)9-12(16)14(18-13)19(4)8-6-10(2)3/h9-10H,5-8H2,1-4H3,(H,17,18). The predicted molar refractivity (Wildman–Crippen MR) is 85.8 cm³/mol. The molecule has 0 amide bonds. The number of nitrogens with one attached hydrogen (secondary N) is 1. The van der Waals surface area contributed by atoms with Crippen LogP contribution in [-0.4, -0.2) is 25.1 Å². The molecule has 1 aromatic rings. The minimum Gasteiger partial charge on any atom is -0.369 e. The second kappa shape index (κ2) is 7.81. The second-order valence-corrected chi connectivity index (χ2v) is 5.97. The van der Waals surface area contributed by atoms with Crippen molar-refractivity contribution in [1.29, 1.82) is 0 Å². The summed E-state index contributed by atoms with van der Waals surface area (Å²) < 4.78 is 0. The molecule has 0 fully saturated rings. The number of aromatic nitrogens is 1. The molecule has 19 heavy (non-hydrogen) atoms. The molecular formula is C14H23Cl2N3. The molecule has 0 saturated heterocycles. The van der Waals surface area contributed by atoms with E-state index in [-0.39, 0.29) is 0 Å². The Kier molecular flexibility index (Phi) is 6.73. The van der Waals surface area contributed by atoms with Crippen LogP contribution >= 0.6 is 23.2 Å². The van der Waals surface area contributed by atoms with Crippen LogP contribution in [0.2, 0.25) is 10.0 Å². The first-order chi connectivity index (χ1) is 8.95. The fourth-order valence-corrected chi connectivity index (χ4v) is 2.22. The van der Waals surface area contributed by atoms with Gasteiger partial charge in [-0.15, -0.1) is 0 Å². The molecule has 3 nitrogen and oxygen atoms in total. The number of hydrogen-bond acceptors (Lipinski definition) is 3. The summed E-state index contributed by atoms with van der Waals surface area (Å²) in [5.74, 6) is 2.15. The number of anilines is 2. The van der Waals surface area contributed by atoms with E-state index in [0.717, 1.165) is 31.7 Å². The maximum Gasteiger partial charge on any atom is 0.149 e. The summed E-state index contributed by atoms with van der Waals surface area (Å²) in [5, 5.41) is 4.39. The molecular weight excluding hydrogens is 281 g/mol. The highest BCUT2D eigenvalue weighted by molar-refractivity contribution is 6.37. The molecule has 0 spiro atoms. The highest BCUT2D eigenvalue weighted by Gasteiger charge is 2.13. The van der Waals surface area contributed by atoms with Crippen LogP contribution in [0.15, 0.2) is 6.07 Å². The van der Waals surface area contributed by atoms with E-state index in [0.29, 0.717) is 21.8 Å². The quantitative estimate of drug-likeness (QED) is 0.792. The Morgan fingerprint density at radius 3 is 2.58 bits per heavy atom. The minimum absolute atomic E-state index is 0.569. The van der Waals surface area contributed by atoms with E-state index < -0.39 is 0 Å². The number of hydrogen-bond donors (Lipinski definition) is 1. The van der Waals surface area contributed by atoms with Gasteiger partial charge < -0.3 is 10.2 Å². The lowest BCUT2D eigenvalue weighted by atomic mass is 10.1. The van der Waals surface area contributed by atoms with Crippen LogP contribution < -0.4 is 10.2 Å². The Morgan fingerprint density at radius 2 is 2.00 bits per heavy atom. The van der Waals surface area contributed by atoms with Crippen LogP contribution in [0, 0.1) is 5.92 Å². The number of pyridine rings is 1. The Morgan fingerprint density at radius 1 is 1.32 bits per heavy atom. The Balaban J connectivity index is 2.86. The first-order valence-electron chi connectivity index (χ1n) is 6.76. The Bertz CT molecular complexity index is 408. The van der Waals surface area contributed by atoms with Gasteiger partial charge in [-0.05, 0) is 24.8 Å². The summed E-state index contributed by atoms with van der Waals surface area (Å²) in [7, 11) is 2.01. The van der Waals surface area contributed by atoms with Crippen molar-refractivity contribution in [3.05, 3.63) is 16.1 Å². The van der Waals surface area contributed by atoms with Gasteiger partial charge in [-0.3, -0.25) is 0 Å². The van der Waals surface area contributed by atoms with E-state index in [2.05, 4.69) is 36.0 Å². The predicted octanol–water partition coefficient (Wildman–Crippen LogP) is 4.69. The molecule has 1 aromatic heterocycles. The minimum atomic E-state index is 0.569. The van der Waals surface area contributed by atoms with Crippen molar-refractivity contribution in [1.82, 2.24) is 4.98 Å². The molecule has 0 atom stereocenters. The van der Waals surface area contributed by atoms with Gasteiger partial charge in [0.25, 0.3) is 0 Å². The third kappa shape index (κ3) is 5.07. The molecule has 108 valence electrons. The van der Waals surface area contributed by atoms with Crippen molar-refractivity contribution in [2.75, 3.05) is 30.4 Å². The maximum absolute atomic E-state index is 6.23. The summed E-state index contributed by atoms with van der Waals surface area (Å²) in [4.78, 5) is 6.62. The second-order valence-electron chi connectivity index (χ2n) is 5.16. The lowest BCUT2D eigenvalue weighted by Crippen LogP contribution is -2.22. The van der Waals surface area contributed by atoms with Crippen LogP contribution in [0.3, 0.4) is 0 Å². The fourth-order valence-electron chi connectivity index (χ4n) is 1.65. The lowest BCUT2D eigenvalue weighted by molar-refractivity contribution is 0.584. The van der Waals surface area contributed by atoms with Crippen LogP contribution in [0.25, 0.3) is 0 Å². The molecule has 1 N–H and O–H groups in total. The van der Waals surface area contributed by atoms with Crippen molar-refractivity contribution >= 4 is 34.8 Å². The van der Waals surface area contributed by atoms with Gasteiger partial charge in [0.1, 0.15) is 11.6 Å². The van der Waals surface area contributed by atoms with E-state index in [1.54, 1.807) is 6.07 Å². The average Bonchev–Trinajstić information content (AvgIpc) is 2.35. The highest BCUT2D eigenvalue weighted by atomic mass is 35.5. The summed E-state index contributed by atoms with van der Waals surface area (Å²) in [6, 6.07) is 1.76. The van der Waals surface area contributed by atoms with Gasteiger partial charge in [-0.1, -0.05) is 44.0 Å². The number of rotatable bonds is 7. The average molecular weight is 304 g/mol. The van der Waals surface area contributed by atoms with Crippen molar-refractivity contribution in [2.24, 2.45) is 5.92 Å². The van der Waals surface area contributed by atoms with Gasteiger partial charge in [0, 0.05) is 20.1 Å². The summed E-state index contributed by atoms with van der Waals surface area (Å²) in [6.45, 7) is 8.30. The molecule has 0 radical (unpaired) electrons. The SMILES string of the molecule is CCCNc1nc(N(C)CCC(C)C)c(Cl)cc1Cl. The van der Waals surface area contributed by atoms with E-state index in [1.165, 1.54) is 0 Å². The zero-order chi connectivity index (χ0) is 14.4. The van der Waals surface area contributed by atoms with E-state index in [1.807, 2.05) is 7.05 Å². The third-order valence-electron chi connectivity index (χ3n) is 2.86. The lowest BCUT2D eigenvalue weighted by Gasteiger charge is -2.21. The van der Waals surface area contributed by atoms with Crippen molar-refractivity contribution < 1.29 is 0 Å². The summed E-state index contributed by atoms with van der Waals surface area (Å²) >= 11 is 12.4. The normalized spacial score (nSPS) is 10.9. The van der Waals surface area contributed by atoms with Gasteiger partial charge in [0.2, 0.25) is 0 Å². The van der Waals surface area contributed by atoms with Crippen LogP contribution in [0.5, 0.6) is 0 Å². The molecule has 0 aromatic carbocycles. The monoisotopic (exact) mass is 303 g/mol. The first kappa shape index (κ1) is 16.4. The fraction of sp³-hybridized carbons (Fsp3) is 0.643. The summed E-state index contributed by atoms with van der Waals surface area (Å²) in [5.41, 5.74) is 0. The third-order valence-corrected chi connectivity index (χ3v) is 3.42. The number of halogens is 2. The van der Waals surface area contributed by atoms with Gasteiger partial charge in [-0.2, -0.15) is 0 Å². The first-order valence-corrected chi connectivity index (χ1v) is 7.52. The Hall–Kier alpha value is -0.670. The Labute approximate surface area is 126 Å². The smallest absolute Gasteiger partial charge is 0.149 e. The molecule has 5 heteroatoms. The summed E-state index contributed by atoms with van der Waals surface area (Å²) in [6.07, 6.45) is 2.13. The van der Waals surface area contributed by atoms with E-state index >= 15 is 0 Å². The molecule has 0 aliphatic rings. The van der Waals surface area contributed by atoms with Crippen LogP contribution in [0.1, 0.15) is 33.6 Å². The zero-order valence-electron chi connectivity index (χ0n) is 12.1. The largest absolute Gasteiger partial charge is 0.369 e. The molecule has 0 unspecified atom stereocenters.